The number of hydrogen-bond acceptors (Lipinski definition) is 3. The molecule has 0 atom stereocenters. The molecule has 0 radical (unpaired) electrons. The van der Waals surface area contributed by atoms with Gasteiger partial charge in [-0.3, -0.25) is 9.36 Å². The highest BCUT2D eigenvalue weighted by molar-refractivity contribution is 5.94. The van der Waals surface area contributed by atoms with Crippen LogP contribution in [-0.4, -0.2) is 34.0 Å². The topological polar surface area (TPSA) is 47.4 Å². The number of alkyl halides is 2. The Kier molecular flexibility index (Phi) is 5.46. The zero-order chi connectivity index (χ0) is 16.8. The summed E-state index contributed by atoms with van der Waals surface area (Å²) in [6, 6.07) is 6.59. The van der Waals surface area contributed by atoms with Crippen LogP contribution >= 0.6 is 0 Å². The summed E-state index contributed by atoms with van der Waals surface area (Å²) in [7, 11) is 1.54. The lowest BCUT2D eigenvalue weighted by Crippen LogP contribution is -2.27. The number of ether oxygens (including phenoxy) is 1. The van der Waals surface area contributed by atoms with Gasteiger partial charge >= 0.3 is 6.55 Å². The molecular formula is C16H17F2N3O2. The van der Waals surface area contributed by atoms with Gasteiger partial charge in [-0.15, -0.1) is 0 Å². The minimum Gasteiger partial charge on any atom is -0.490 e. The van der Waals surface area contributed by atoms with Crippen molar-refractivity contribution in [1.82, 2.24) is 14.5 Å². The van der Waals surface area contributed by atoms with E-state index in [1.165, 1.54) is 24.3 Å². The molecule has 23 heavy (non-hydrogen) atoms. The molecule has 0 bridgehead atoms. The van der Waals surface area contributed by atoms with E-state index in [4.69, 9.17) is 4.74 Å². The van der Waals surface area contributed by atoms with E-state index >= 15 is 0 Å². The summed E-state index contributed by atoms with van der Waals surface area (Å²) in [5, 5.41) is 0. The molecule has 5 nitrogen and oxygen atoms in total. The van der Waals surface area contributed by atoms with Gasteiger partial charge in [-0.25, -0.2) is 4.98 Å². The number of nitrogens with zero attached hydrogens (tertiary/aromatic N) is 3. The number of aromatic nitrogens is 2. The van der Waals surface area contributed by atoms with Crippen molar-refractivity contribution in [1.29, 1.82) is 0 Å². The van der Waals surface area contributed by atoms with Crippen molar-refractivity contribution in [3.8, 4) is 5.75 Å². The standard InChI is InChI=1S/C16H17F2N3O2/c1-3-10-23-13-6-4-12(5-7-13)15(22)20(2)11-14-19-8-9-21(14)16(17)18/h3-9,16H,1,10-11H2,2H3. The van der Waals surface area contributed by atoms with Crippen LogP contribution in [0.3, 0.4) is 0 Å². The zero-order valence-corrected chi connectivity index (χ0v) is 12.7. The molecule has 0 aliphatic carbocycles. The zero-order valence-electron chi connectivity index (χ0n) is 12.7. The second-order valence-corrected chi connectivity index (χ2v) is 4.81. The monoisotopic (exact) mass is 321 g/mol. The number of hydrogen-bond donors (Lipinski definition) is 0. The van der Waals surface area contributed by atoms with E-state index in [0.29, 0.717) is 17.9 Å². The number of benzene rings is 1. The Morgan fingerprint density at radius 2 is 2.13 bits per heavy atom. The Morgan fingerprint density at radius 3 is 2.74 bits per heavy atom. The van der Waals surface area contributed by atoms with E-state index in [0.717, 1.165) is 4.57 Å². The van der Waals surface area contributed by atoms with Crippen LogP contribution in [0.1, 0.15) is 22.7 Å². The number of amides is 1. The molecule has 0 aliphatic heterocycles. The average Bonchev–Trinajstić information content (AvgIpc) is 3.01. The lowest BCUT2D eigenvalue weighted by molar-refractivity contribution is 0.0612. The van der Waals surface area contributed by atoms with Gasteiger partial charge in [0.1, 0.15) is 18.2 Å². The third-order valence-electron chi connectivity index (χ3n) is 3.15. The van der Waals surface area contributed by atoms with Crippen LogP contribution in [0.15, 0.2) is 49.3 Å². The fourth-order valence-electron chi connectivity index (χ4n) is 2.00. The van der Waals surface area contributed by atoms with Crippen LogP contribution < -0.4 is 4.74 Å². The summed E-state index contributed by atoms with van der Waals surface area (Å²) in [6.45, 7) is 1.24. The molecule has 1 aromatic carbocycles. The third kappa shape index (κ3) is 4.15. The molecule has 0 saturated carbocycles. The number of rotatable bonds is 7. The SMILES string of the molecule is C=CCOc1ccc(C(=O)N(C)Cc2nccn2C(F)F)cc1. The number of carbonyl (C=O) groups excluding carboxylic acids is 1. The Bertz CT molecular complexity index is 668. The largest absolute Gasteiger partial charge is 0.490 e. The van der Waals surface area contributed by atoms with Gasteiger partial charge in [0.15, 0.2) is 0 Å². The van der Waals surface area contributed by atoms with E-state index < -0.39 is 6.55 Å². The Labute approximate surface area is 132 Å². The first kappa shape index (κ1) is 16.7. The summed E-state index contributed by atoms with van der Waals surface area (Å²) < 4.78 is 31.6. The Morgan fingerprint density at radius 1 is 1.43 bits per heavy atom. The average molecular weight is 321 g/mol. The van der Waals surface area contributed by atoms with E-state index in [-0.39, 0.29) is 18.3 Å². The van der Waals surface area contributed by atoms with Crippen LogP contribution in [0, 0.1) is 0 Å². The van der Waals surface area contributed by atoms with Crippen LogP contribution in [-0.2, 0) is 6.54 Å². The molecule has 0 saturated heterocycles. The molecule has 0 spiro atoms. The Balaban J connectivity index is 2.04. The molecule has 122 valence electrons. The molecule has 0 aliphatic rings. The summed E-state index contributed by atoms with van der Waals surface area (Å²) in [5.74, 6) is 0.461. The maximum atomic E-state index is 12.8. The van der Waals surface area contributed by atoms with Crippen molar-refractivity contribution in [3.05, 3.63) is 60.7 Å². The van der Waals surface area contributed by atoms with Crippen molar-refractivity contribution in [2.45, 2.75) is 13.1 Å². The lowest BCUT2D eigenvalue weighted by Gasteiger charge is -2.18. The van der Waals surface area contributed by atoms with Crippen molar-refractivity contribution < 1.29 is 18.3 Å². The molecule has 2 rings (SSSR count). The number of imidazole rings is 1. The first-order valence-electron chi connectivity index (χ1n) is 6.92. The summed E-state index contributed by atoms with van der Waals surface area (Å²) >= 11 is 0. The van der Waals surface area contributed by atoms with Crippen molar-refractivity contribution in [3.63, 3.8) is 0 Å². The molecule has 1 aromatic heterocycles. The van der Waals surface area contributed by atoms with E-state index in [9.17, 15) is 13.6 Å². The van der Waals surface area contributed by atoms with Gasteiger partial charge in [0, 0.05) is 25.0 Å². The molecule has 1 amide bonds. The van der Waals surface area contributed by atoms with E-state index in [1.54, 1.807) is 30.3 Å². The van der Waals surface area contributed by atoms with Crippen molar-refractivity contribution in [2.75, 3.05) is 13.7 Å². The first-order valence-corrected chi connectivity index (χ1v) is 6.92. The molecule has 0 unspecified atom stereocenters. The maximum Gasteiger partial charge on any atom is 0.319 e. The van der Waals surface area contributed by atoms with Gasteiger partial charge in [-0.2, -0.15) is 8.78 Å². The minimum absolute atomic E-state index is 0.00904. The highest BCUT2D eigenvalue weighted by Crippen LogP contribution is 2.16. The predicted octanol–water partition coefficient (Wildman–Crippen LogP) is 3.12. The fraction of sp³-hybridized carbons (Fsp3) is 0.250. The highest BCUT2D eigenvalue weighted by atomic mass is 19.3. The van der Waals surface area contributed by atoms with Gasteiger partial charge in [-0.05, 0) is 24.3 Å². The van der Waals surface area contributed by atoms with E-state index in [1.807, 2.05) is 0 Å². The second kappa shape index (κ2) is 7.53. The van der Waals surface area contributed by atoms with Crippen LogP contribution in [0.2, 0.25) is 0 Å². The maximum absolute atomic E-state index is 12.8. The predicted molar refractivity (Wildman–Crippen MR) is 81.4 cm³/mol. The molecule has 0 fully saturated rings. The molecular weight excluding hydrogens is 304 g/mol. The Hall–Kier alpha value is -2.70. The second-order valence-electron chi connectivity index (χ2n) is 4.81. The molecule has 0 N–H and O–H groups in total. The minimum atomic E-state index is -2.68. The molecule has 2 aromatic rings. The van der Waals surface area contributed by atoms with Crippen LogP contribution in [0.5, 0.6) is 5.75 Å². The van der Waals surface area contributed by atoms with Gasteiger partial charge in [0.05, 0.1) is 6.54 Å². The number of halogens is 2. The quantitative estimate of drug-likeness (QED) is 0.736. The lowest BCUT2D eigenvalue weighted by atomic mass is 10.2. The van der Waals surface area contributed by atoms with Crippen molar-refractivity contribution >= 4 is 5.91 Å². The number of carbonyl (C=O) groups is 1. The summed E-state index contributed by atoms with van der Waals surface area (Å²) in [6.07, 6.45) is 4.09. The molecule has 1 heterocycles. The third-order valence-corrected chi connectivity index (χ3v) is 3.15. The van der Waals surface area contributed by atoms with Gasteiger partial charge in [0.2, 0.25) is 0 Å². The van der Waals surface area contributed by atoms with Gasteiger partial charge < -0.3 is 9.64 Å². The van der Waals surface area contributed by atoms with E-state index in [2.05, 4.69) is 11.6 Å². The fourth-order valence-corrected chi connectivity index (χ4v) is 2.00. The van der Waals surface area contributed by atoms with Crippen LogP contribution in [0.4, 0.5) is 8.78 Å². The van der Waals surface area contributed by atoms with Gasteiger partial charge in [-0.1, -0.05) is 12.7 Å². The normalized spacial score (nSPS) is 10.6. The van der Waals surface area contributed by atoms with Gasteiger partial charge in [0.25, 0.3) is 5.91 Å². The summed E-state index contributed by atoms with van der Waals surface area (Å²) in [5.41, 5.74) is 0.439. The van der Waals surface area contributed by atoms with Crippen molar-refractivity contribution in [2.24, 2.45) is 0 Å². The first-order chi connectivity index (χ1) is 11.0. The summed E-state index contributed by atoms with van der Waals surface area (Å²) in [4.78, 5) is 17.5. The highest BCUT2D eigenvalue weighted by Gasteiger charge is 2.17. The molecule has 7 heteroatoms. The van der Waals surface area contributed by atoms with Crippen LogP contribution in [0.25, 0.3) is 0 Å². The smallest absolute Gasteiger partial charge is 0.319 e.